The molecule has 0 amide bonds. The predicted molar refractivity (Wildman–Crippen MR) is 95.8 cm³/mol. The lowest BCUT2D eigenvalue weighted by molar-refractivity contribution is -0.917. The lowest BCUT2D eigenvalue weighted by atomic mass is 10.1. The van der Waals surface area contributed by atoms with Crippen LogP contribution in [0.3, 0.4) is 0 Å². The maximum atomic E-state index is 12.7. The van der Waals surface area contributed by atoms with Gasteiger partial charge in [0.2, 0.25) is 10.0 Å². The summed E-state index contributed by atoms with van der Waals surface area (Å²) >= 11 is 0. The van der Waals surface area contributed by atoms with E-state index in [9.17, 15) is 21.6 Å². The maximum absolute atomic E-state index is 12.7. The predicted octanol–water partition coefficient (Wildman–Crippen LogP) is 2.10. The van der Waals surface area contributed by atoms with Crippen LogP contribution in [0.25, 0.3) is 0 Å². The van der Waals surface area contributed by atoms with Gasteiger partial charge in [0.15, 0.2) is 0 Å². The number of benzene rings is 2. The van der Waals surface area contributed by atoms with Crippen molar-refractivity contribution in [3.05, 3.63) is 65.2 Å². The minimum Gasteiger partial charge on any atom is -0.329 e. The second-order valence-corrected chi connectivity index (χ2v) is 8.72. The topological polar surface area (TPSA) is 41.8 Å². The molecule has 8 heteroatoms. The van der Waals surface area contributed by atoms with Gasteiger partial charge in [-0.3, -0.25) is 0 Å². The summed E-state index contributed by atoms with van der Waals surface area (Å²) in [5.74, 6) is 0. The van der Waals surface area contributed by atoms with E-state index in [2.05, 4.69) is 19.1 Å². The van der Waals surface area contributed by atoms with Crippen molar-refractivity contribution < 1.29 is 26.5 Å². The number of sulfonamides is 1. The number of rotatable bonds is 4. The van der Waals surface area contributed by atoms with Gasteiger partial charge in [-0.25, -0.2) is 8.42 Å². The van der Waals surface area contributed by atoms with Crippen molar-refractivity contribution in [2.75, 3.05) is 26.2 Å². The Morgan fingerprint density at radius 2 is 1.59 bits per heavy atom. The number of hydrogen-bond donors (Lipinski definition) is 1. The quantitative estimate of drug-likeness (QED) is 0.856. The fraction of sp³-hybridized carbons (Fsp3) is 0.368. The maximum Gasteiger partial charge on any atom is 0.416 e. The van der Waals surface area contributed by atoms with Crippen molar-refractivity contribution in [2.24, 2.45) is 0 Å². The molecule has 1 aliphatic heterocycles. The highest BCUT2D eigenvalue weighted by Gasteiger charge is 2.33. The lowest BCUT2D eigenvalue weighted by Gasteiger charge is -2.31. The van der Waals surface area contributed by atoms with E-state index in [1.54, 1.807) is 0 Å². The third-order valence-corrected chi connectivity index (χ3v) is 6.86. The van der Waals surface area contributed by atoms with E-state index in [1.165, 1.54) is 20.3 Å². The van der Waals surface area contributed by atoms with Gasteiger partial charge in [0.05, 0.1) is 36.6 Å². The Kier molecular flexibility index (Phi) is 5.60. The molecule has 1 saturated heterocycles. The second-order valence-electron chi connectivity index (χ2n) is 6.78. The molecular weight excluding hydrogens is 377 g/mol. The largest absolute Gasteiger partial charge is 0.416 e. The van der Waals surface area contributed by atoms with Crippen molar-refractivity contribution in [2.45, 2.75) is 24.5 Å². The number of alkyl halides is 3. The van der Waals surface area contributed by atoms with Crippen LogP contribution in [0.2, 0.25) is 0 Å². The fourth-order valence-electron chi connectivity index (χ4n) is 3.26. The molecule has 4 nitrogen and oxygen atoms in total. The van der Waals surface area contributed by atoms with E-state index in [1.807, 2.05) is 12.1 Å². The molecule has 1 aliphatic rings. The number of nitrogens with one attached hydrogen (secondary N) is 1. The van der Waals surface area contributed by atoms with E-state index < -0.39 is 21.8 Å². The molecule has 0 aliphatic carbocycles. The summed E-state index contributed by atoms with van der Waals surface area (Å²) in [5, 5.41) is 0. The normalized spacial score (nSPS) is 17.2. The zero-order valence-electron chi connectivity index (χ0n) is 15.0. The van der Waals surface area contributed by atoms with E-state index in [0.29, 0.717) is 26.2 Å². The first-order chi connectivity index (χ1) is 12.7. The Balaban J connectivity index is 1.65. The Labute approximate surface area is 157 Å². The fourth-order valence-corrected chi connectivity index (χ4v) is 4.70. The molecular formula is C19H22F3N2O2S+. The first kappa shape index (κ1) is 19.9. The third kappa shape index (κ3) is 4.51. The van der Waals surface area contributed by atoms with Crippen LogP contribution in [0.15, 0.2) is 53.4 Å². The second kappa shape index (κ2) is 7.61. The van der Waals surface area contributed by atoms with E-state index in [4.69, 9.17) is 0 Å². The van der Waals surface area contributed by atoms with Crippen LogP contribution >= 0.6 is 0 Å². The molecule has 0 unspecified atom stereocenters. The highest BCUT2D eigenvalue weighted by molar-refractivity contribution is 7.89. The summed E-state index contributed by atoms with van der Waals surface area (Å²) in [4.78, 5) is 1.20. The molecule has 2 aromatic carbocycles. The number of aryl methyl sites for hydroxylation is 1. The summed E-state index contributed by atoms with van der Waals surface area (Å²) in [5.41, 5.74) is 1.60. The summed E-state index contributed by atoms with van der Waals surface area (Å²) in [6, 6.07) is 11.8. The van der Waals surface area contributed by atoms with Gasteiger partial charge in [-0.15, -0.1) is 0 Å². The summed E-state index contributed by atoms with van der Waals surface area (Å²) in [6.07, 6.45) is -4.48. The minimum atomic E-state index is -4.48. The Bertz CT molecular complexity index is 888. The highest BCUT2D eigenvalue weighted by Crippen LogP contribution is 2.30. The van der Waals surface area contributed by atoms with E-state index in [0.717, 1.165) is 30.8 Å². The van der Waals surface area contributed by atoms with Gasteiger partial charge in [0.1, 0.15) is 6.54 Å². The molecule has 0 spiro atoms. The zero-order chi connectivity index (χ0) is 19.7. The average Bonchev–Trinajstić information content (AvgIpc) is 2.63. The first-order valence-electron chi connectivity index (χ1n) is 8.73. The summed E-state index contributed by atoms with van der Waals surface area (Å²) < 4.78 is 64.7. The third-order valence-electron chi connectivity index (χ3n) is 4.95. The van der Waals surface area contributed by atoms with Crippen molar-refractivity contribution in [1.82, 2.24) is 4.31 Å². The lowest BCUT2D eigenvalue weighted by Crippen LogP contribution is -3.13. The molecule has 0 atom stereocenters. The average molecular weight is 399 g/mol. The monoisotopic (exact) mass is 399 g/mol. The van der Waals surface area contributed by atoms with Gasteiger partial charge in [-0.2, -0.15) is 17.5 Å². The van der Waals surface area contributed by atoms with Crippen molar-refractivity contribution in [3.8, 4) is 0 Å². The molecule has 1 fully saturated rings. The van der Waals surface area contributed by atoms with E-state index >= 15 is 0 Å². The van der Waals surface area contributed by atoms with Crippen LogP contribution in [0.1, 0.15) is 16.7 Å². The Morgan fingerprint density at radius 1 is 1.00 bits per heavy atom. The van der Waals surface area contributed by atoms with Crippen LogP contribution in [0.4, 0.5) is 13.2 Å². The van der Waals surface area contributed by atoms with Gasteiger partial charge < -0.3 is 4.90 Å². The van der Waals surface area contributed by atoms with Gasteiger partial charge in [0.25, 0.3) is 0 Å². The number of nitrogens with zero attached hydrogens (tertiary/aromatic N) is 1. The molecule has 0 aromatic heterocycles. The smallest absolute Gasteiger partial charge is 0.329 e. The van der Waals surface area contributed by atoms with Gasteiger partial charge >= 0.3 is 6.18 Å². The van der Waals surface area contributed by atoms with Crippen molar-refractivity contribution >= 4 is 10.0 Å². The zero-order valence-corrected chi connectivity index (χ0v) is 15.8. The molecule has 0 bridgehead atoms. The van der Waals surface area contributed by atoms with Crippen LogP contribution in [-0.2, 0) is 22.7 Å². The van der Waals surface area contributed by atoms with Crippen molar-refractivity contribution in [1.29, 1.82) is 0 Å². The van der Waals surface area contributed by atoms with Crippen molar-refractivity contribution in [3.63, 3.8) is 0 Å². The van der Waals surface area contributed by atoms with E-state index in [-0.39, 0.29) is 4.90 Å². The first-order valence-corrected chi connectivity index (χ1v) is 10.2. The standard InChI is InChI=1S/C19H21F3N2O2S/c1-15-4-2-3-5-16(15)14-23-10-12-24(13-11-23)27(25,26)18-8-6-17(7-9-18)19(20,21)22/h2-9H,10-14H2,1H3/p+1. The molecule has 27 heavy (non-hydrogen) atoms. The minimum absolute atomic E-state index is 0.0992. The number of hydrogen-bond acceptors (Lipinski definition) is 2. The molecule has 0 saturated carbocycles. The number of piperazine rings is 1. The SMILES string of the molecule is Cc1ccccc1C[NH+]1CCN(S(=O)(=O)c2ccc(C(F)(F)F)cc2)CC1. The summed E-state index contributed by atoms with van der Waals surface area (Å²) in [7, 11) is -3.78. The number of halogens is 3. The molecule has 1 heterocycles. The van der Waals surface area contributed by atoms with Gasteiger partial charge in [-0.1, -0.05) is 24.3 Å². The van der Waals surface area contributed by atoms with Gasteiger partial charge in [-0.05, 0) is 36.8 Å². The molecule has 0 radical (unpaired) electrons. The van der Waals surface area contributed by atoms with Gasteiger partial charge in [0, 0.05) is 5.56 Å². The molecule has 146 valence electrons. The van der Waals surface area contributed by atoms with Crippen LogP contribution in [0.5, 0.6) is 0 Å². The molecule has 1 N–H and O–H groups in total. The Morgan fingerprint density at radius 3 is 2.15 bits per heavy atom. The summed E-state index contributed by atoms with van der Waals surface area (Å²) in [6.45, 7) is 4.92. The highest BCUT2D eigenvalue weighted by atomic mass is 32.2. The van der Waals surface area contributed by atoms with Crippen LogP contribution in [-0.4, -0.2) is 38.9 Å². The molecule has 3 rings (SSSR count). The molecule has 2 aromatic rings. The van der Waals surface area contributed by atoms with Crippen LogP contribution < -0.4 is 4.90 Å². The van der Waals surface area contributed by atoms with Crippen LogP contribution in [0, 0.1) is 6.92 Å². The Hall–Kier alpha value is -1.90. The number of quaternary nitrogens is 1.